The summed E-state index contributed by atoms with van der Waals surface area (Å²) in [5, 5.41) is 11.3. The van der Waals surface area contributed by atoms with E-state index in [0.717, 1.165) is 19.4 Å². The summed E-state index contributed by atoms with van der Waals surface area (Å²) in [6, 6.07) is 5.10. The molecule has 0 aliphatic heterocycles. The van der Waals surface area contributed by atoms with Crippen molar-refractivity contribution in [2.24, 2.45) is 0 Å². The van der Waals surface area contributed by atoms with Gasteiger partial charge in [0, 0.05) is 18.0 Å². The maximum absolute atomic E-state index is 13.2. The highest BCUT2D eigenvalue weighted by Gasteiger charge is 2.10. The predicted octanol–water partition coefficient (Wildman–Crippen LogP) is 3.57. The molecule has 4 nitrogen and oxygen atoms in total. The topological polar surface area (TPSA) is 51.0 Å². The zero-order valence-electron chi connectivity index (χ0n) is 11.5. The Labute approximate surface area is 125 Å². The van der Waals surface area contributed by atoms with Gasteiger partial charge in [-0.2, -0.15) is 0 Å². The number of nitrogens with one attached hydrogen (secondary N) is 1. The molecule has 0 aliphatic rings. The van der Waals surface area contributed by atoms with Crippen molar-refractivity contribution in [2.75, 3.05) is 6.54 Å². The van der Waals surface area contributed by atoms with Crippen molar-refractivity contribution in [3.05, 3.63) is 34.4 Å². The number of aromatic nitrogens is 2. The van der Waals surface area contributed by atoms with Gasteiger partial charge in [0.05, 0.1) is 4.47 Å². The van der Waals surface area contributed by atoms with Crippen LogP contribution < -0.4 is 5.32 Å². The van der Waals surface area contributed by atoms with Crippen LogP contribution in [0.1, 0.15) is 26.2 Å². The van der Waals surface area contributed by atoms with Crippen LogP contribution in [0, 0.1) is 5.82 Å². The van der Waals surface area contributed by atoms with Gasteiger partial charge in [-0.3, -0.25) is 0 Å². The van der Waals surface area contributed by atoms with Gasteiger partial charge < -0.3 is 9.73 Å². The Morgan fingerprint density at radius 3 is 2.85 bits per heavy atom. The first kappa shape index (κ1) is 15.1. The van der Waals surface area contributed by atoms with Crippen LogP contribution in [0.5, 0.6) is 0 Å². The molecule has 0 saturated heterocycles. The van der Waals surface area contributed by atoms with E-state index >= 15 is 0 Å². The molecule has 108 valence electrons. The Bertz CT molecular complexity index is 571. The van der Waals surface area contributed by atoms with Gasteiger partial charge in [0.1, 0.15) is 5.82 Å². The molecule has 0 saturated carbocycles. The third-order valence-corrected chi connectivity index (χ3v) is 3.36. The fourth-order valence-corrected chi connectivity index (χ4v) is 2.11. The fraction of sp³-hybridized carbons (Fsp3) is 0.429. The molecule has 1 heterocycles. The number of aryl methyl sites for hydroxylation is 1. The van der Waals surface area contributed by atoms with Crippen molar-refractivity contribution >= 4 is 15.9 Å². The van der Waals surface area contributed by atoms with E-state index in [1.165, 1.54) is 6.07 Å². The molecule has 2 rings (SSSR count). The van der Waals surface area contributed by atoms with Gasteiger partial charge in [-0.05, 0) is 47.1 Å². The number of hydrogen-bond donors (Lipinski definition) is 1. The van der Waals surface area contributed by atoms with E-state index in [1.807, 2.05) is 0 Å². The Hall–Kier alpha value is -1.27. The van der Waals surface area contributed by atoms with Crippen LogP contribution in [0.3, 0.4) is 0 Å². The molecule has 1 aromatic heterocycles. The van der Waals surface area contributed by atoms with Crippen molar-refractivity contribution < 1.29 is 8.81 Å². The monoisotopic (exact) mass is 341 g/mol. The zero-order valence-corrected chi connectivity index (χ0v) is 13.1. The van der Waals surface area contributed by atoms with E-state index in [-0.39, 0.29) is 5.82 Å². The van der Waals surface area contributed by atoms with Crippen LogP contribution >= 0.6 is 15.9 Å². The molecular formula is C14H17BrFN3O. The lowest BCUT2D eigenvalue weighted by atomic mass is 10.2. The van der Waals surface area contributed by atoms with Gasteiger partial charge in [0.15, 0.2) is 0 Å². The molecule has 1 N–H and O–H groups in total. The fourth-order valence-electron chi connectivity index (χ4n) is 1.73. The van der Waals surface area contributed by atoms with Gasteiger partial charge in [-0.25, -0.2) is 4.39 Å². The van der Waals surface area contributed by atoms with Crippen molar-refractivity contribution in [1.82, 2.24) is 15.5 Å². The second-order valence-corrected chi connectivity index (χ2v) is 5.70. The van der Waals surface area contributed by atoms with Crippen molar-refractivity contribution in [1.29, 1.82) is 0 Å². The van der Waals surface area contributed by atoms with Crippen molar-refractivity contribution in [2.45, 2.75) is 32.7 Å². The predicted molar refractivity (Wildman–Crippen MR) is 78.9 cm³/mol. The van der Waals surface area contributed by atoms with E-state index in [4.69, 9.17) is 4.42 Å². The molecule has 0 spiro atoms. The maximum Gasteiger partial charge on any atom is 0.247 e. The number of hydrogen-bond acceptors (Lipinski definition) is 4. The number of benzene rings is 1. The van der Waals surface area contributed by atoms with Crippen LogP contribution in [0.4, 0.5) is 4.39 Å². The SMILES string of the molecule is CC(C)NCCCc1nnc(-c2ccc(F)c(Br)c2)o1. The molecule has 0 unspecified atom stereocenters. The van der Waals surface area contributed by atoms with E-state index in [1.54, 1.807) is 12.1 Å². The lowest BCUT2D eigenvalue weighted by Crippen LogP contribution is -2.23. The molecule has 0 amide bonds. The molecule has 20 heavy (non-hydrogen) atoms. The Morgan fingerprint density at radius 1 is 1.35 bits per heavy atom. The third-order valence-electron chi connectivity index (χ3n) is 2.75. The summed E-state index contributed by atoms with van der Waals surface area (Å²) in [6.07, 6.45) is 1.67. The third kappa shape index (κ3) is 4.11. The lowest BCUT2D eigenvalue weighted by molar-refractivity contribution is 0.484. The first-order valence-corrected chi connectivity index (χ1v) is 7.36. The largest absolute Gasteiger partial charge is 0.421 e. The number of rotatable bonds is 6. The maximum atomic E-state index is 13.2. The summed E-state index contributed by atoms with van der Waals surface area (Å²) in [5.74, 6) is 0.705. The summed E-state index contributed by atoms with van der Waals surface area (Å²) in [6.45, 7) is 5.13. The first-order valence-electron chi connectivity index (χ1n) is 6.57. The zero-order chi connectivity index (χ0) is 14.5. The number of halogens is 2. The Balaban J connectivity index is 1.96. The Morgan fingerprint density at radius 2 is 2.15 bits per heavy atom. The highest BCUT2D eigenvalue weighted by Crippen LogP contribution is 2.24. The smallest absolute Gasteiger partial charge is 0.247 e. The van der Waals surface area contributed by atoms with Crippen LogP contribution in [-0.4, -0.2) is 22.8 Å². The van der Waals surface area contributed by atoms with Crippen LogP contribution in [0.15, 0.2) is 27.1 Å². The van der Waals surface area contributed by atoms with E-state index in [2.05, 4.69) is 45.3 Å². The molecule has 2 aromatic rings. The van der Waals surface area contributed by atoms with Gasteiger partial charge >= 0.3 is 0 Å². The summed E-state index contributed by atoms with van der Waals surface area (Å²) < 4.78 is 19.1. The molecule has 0 aliphatic carbocycles. The standard InChI is InChI=1S/C14H17BrFN3O/c1-9(2)17-7-3-4-13-18-19-14(20-13)10-5-6-12(16)11(15)8-10/h5-6,8-9,17H,3-4,7H2,1-2H3. The highest BCUT2D eigenvalue weighted by atomic mass is 79.9. The van der Waals surface area contributed by atoms with Crippen LogP contribution in [-0.2, 0) is 6.42 Å². The van der Waals surface area contributed by atoms with Crippen molar-refractivity contribution in [3.63, 3.8) is 0 Å². The summed E-state index contributed by atoms with van der Waals surface area (Å²) in [5.41, 5.74) is 0.706. The van der Waals surface area contributed by atoms with E-state index < -0.39 is 0 Å². The normalized spacial score (nSPS) is 11.2. The number of nitrogens with zero attached hydrogens (tertiary/aromatic N) is 2. The van der Waals surface area contributed by atoms with E-state index in [0.29, 0.717) is 27.9 Å². The average Bonchev–Trinajstić information content (AvgIpc) is 2.86. The molecule has 1 aromatic carbocycles. The minimum Gasteiger partial charge on any atom is -0.421 e. The lowest BCUT2D eigenvalue weighted by Gasteiger charge is -2.05. The van der Waals surface area contributed by atoms with Gasteiger partial charge in [0.2, 0.25) is 11.8 Å². The minimum absolute atomic E-state index is 0.312. The Kier molecular flexibility index (Phi) is 5.25. The second-order valence-electron chi connectivity index (χ2n) is 4.84. The van der Waals surface area contributed by atoms with Crippen LogP contribution in [0.2, 0.25) is 0 Å². The van der Waals surface area contributed by atoms with Crippen molar-refractivity contribution in [3.8, 4) is 11.5 Å². The molecule has 0 bridgehead atoms. The molecule has 0 fully saturated rings. The van der Waals surface area contributed by atoms with Gasteiger partial charge in [0.25, 0.3) is 0 Å². The quantitative estimate of drug-likeness (QED) is 0.816. The summed E-state index contributed by atoms with van der Waals surface area (Å²) in [4.78, 5) is 0. The van der Waals surface area contributed by atoms with Crippen LogP contribution in [0.25, 0.3) is 11.5 Å². The summed E-state index contributed by atoms with van der Waals surface area (Å²) >= 11 is 3.14. The first-order chi connectivity index (χ1) is 9.56. The summed E-state index contributed by atoms with van der Waals surface area (Å²) in [7, 11) is 0. The molecule has 0 radical (unpaired) electrons. The minimum atomic E-state index is -0.312. The highest BCUT2D eigenvalue weighted by molar-refractivity contribution is 9.10. The molecule has 0 atom stereocenters. The second kappa shape index (κ2) is 6.95. The van der Waals surface area contributed by atoms with Gasteiger partial charge in [-0.1, -0.05) is 13.8 Å². The molecule has 6 heteroatoms. The average molecular weight is 342 g/mol. The van der Waals surface area contributed by atoms with E-state index in [9.17, 15) is 4.39 Å². The van der Waals surface area contributed by atoms with Gasteiger partial charge in [-0.15, -0.1) is 10.2 Å². The molecular weight excluding hydrogens is 325 g/mol.